The summed E-state index contributed by atoms with van der Waals surface area (Å²) in [6, 6.07) is 18.2. The van der Waals surface area contributed by atoms with Gasteiger partial charge in [-0.2, -0.15) is 0 Å². The molecule has 0 atom stereocenters. The van der Waals surface area contributed by atoms with Crippen LogP contribution in [0.4, 0.5) is 5.69 Å². The number of rotatable bonds is 8. The van der Waals surface area contributed by atoms with Gasteiger partial charge in [0.25, 0.3) is 10.0 Å². The Kier molecular flexibility index (Phi) is 7.17. The van der Waals surface area contributed by atoms with Gasteiger partial charge in [-0.05, 0) is 60.7 Å². The Balaban J connectivity index is 1.70. The summed E-state index contributed by atoms with van der Waals surface area (Å²) in [6.07, 6.45) is 0. The topological polar surface area (TPSA) is 90.0 Å². The zero-order valence-electron chi connectivity index (χ0n) is 17.3. The van der Waals surface area contributed by atoms with Crippen molar-refractivity contribution >= 4 is 39.1 Å². The molecule has 0 spiro atoms. The number of carbonyl (C=O) groups excluding carboxylic acids is 2. The quantitative estimate of drug-likeness (QED) is 0.359. The second kappa shape index (κ2) is 9.84. The minimum absolute atomic E-state index is 0.0142. The first-order chi connectivity index (χ1) is 15.2. The second-order valence-electron chi connectivity index (χ2n) is 6.67. The number of hydrogen-bond donors (Lipinski definition) is 0. The zero-order valence-corrected chi connectivity index (χ0v) is 18.9. The predicted molar refractivity (Wildman–Crippen MR) is 121 cm³/mol. The van der Waals surface area contributed by atoms with Crippen molar-refractivity contribution in [2.24, 2.45) is 0 Å². The van der Waals surface area contributed by atoms with Gasteiger partial charge in [0.2, 0.25) is 0 Å². The lowest BCUT2D eigenvalue weighted by Crippen LogP contribution is -2.27. The summed E-state index contributed by atoms with van der Waals surface area (Å²) in [6.45, 7) is -0.447. The number of esters is 1. The number of hydrogen-bond acceptors (Lipinski definition) is 6. The fourth-order valence-electron chi connectivity index (χ4n) is 2.87. The molecule has 0 aliphatic rings. The van der Waals surface area contributed by atoms with Crippen molar-refractivity contribution in [3.63, 3.8) is 0 Å². The van der Waals surface area contributed by atoms with E-state index in [0.717, 1.165) is 4.31 Å². The third-order valence-corrected chi connectivity index (χ3v) is 6.71. The molecule has 0 aliphatic heterocycles. The van der Waals surface area contributed by atoms with Crippen LogP contribution >= 0.6 is 11.6 Å². The summed E-state index contributed by atoms with van der Waals surface area (Å²) in [5.74, 6) is -0.717. The molecular weight excluding hydrogens is 454 g/mol. The fourth-order valence-corrected chi connectivity index (χ4v) is 4.21. The number of methoxy groups -OCH3 is 1. The van der Waals surface area contributed by atoms with E-state index in [9.17, 15) is 18.0 Å². The molecule has 0 bridgehead atoms. The summed E-state index contributed by atoms with van der Waals surface area (Å²) in [5.41, 5.74) is 0.856. The van der Waals surface area contributed by atoms with E-state index in [1.165, 1.54) is 50.6 Å². The monoisotopic (exact) mass is 473 g/mol. The van der Waals surface area contributed by atoms with Crippen molar-refractivity contribution in [2.45, 2.75) is 4.90 Å². The number of benzene rings is 3. The van der Waals surface area contributed by atoms with Gasteiger partial charge in [-0.3, -0.25) is 9.10 Å². The number of para-hydroxylation sites is 2. The van der Waals surface area contributed by atoms with Crippen LogP contribution in [0.15, 0.2) is 77.7 Å². The molecule has 3 aromatic carbocycles. The summed E-state index contributed by atoms with van der Waals surface area (Å²) in [5, 5.41) is 0.491. The van der Waals surface area contributed by atoms with Crippen molar-refractivity contribution < 1.29 is 27.5 Å². The van der Waals surface area contributed by atoms with E-state index in [1.54, 1.807) is 36.4 Å². The average Bonchev–Trinajstić information content (AvgIpc) is 2.82. The Morgan fingerprint density at radius 3 is 2.12 bits per heavy atom. The highest BCUT2D eigenvalue weighted by Crippen LogP contribution is 2.30. The number of halogens is 1. The Bertz CT molecular complexity index is 1220. The molecule has 0 aliphatic carbocycles. The van der Waals surface area contributed by atoms with Gasteiger partial charge in [-0.1, -0.05) is 23.7 Å². The van der Waals surface area contributed by atoms with Crippen molar-refractivity contribution in [3.05, 3.63) is 88.9 Å². The van der Waals surface area contributed by atoms with Crippen LogP contribution in [-0.2, 0) is 14.8 Å². The van der Waals surface area contributed by atoms with Gasteiger partial charge in [-0.25, -0.2) is 13.2 Å². The van der Waals surface area contributed by atoms with Gasteiger partial charge in [-0.15, -0.1) is 0 Å². The molecule has 0 N–H and O–H groups in total. The Morgan fingerprint density at radius 2 is 1.50 bits per heavy atom. The maximum absolute atomic E-state index is 13.0. The van der Waals surface area contributed by atoms with Crippen LogP contribution in [0.1, 0.15) is 20.7 Å². The van der Waals surface area contributed by atoms with Crippen LogP contribution < -0.4 is 9.04 Å². The van der Waals surface area contributed by atoms with E-state index in [4.69, 9.17) is 21.1 Å². The van der Waals surface area contributed by atoms with E-state index in [1.807, 2.05) is 0 Å². The minimum atomic E-state index is -3.90. The fraction of sp³-hybridized carbons (Fsp3) is 0.130. The molecule has 0 saturated carbocycles. The van der Waals surface area contributed by atoms with E-state index in [0.29, 0.717) is 22.0 Å². The van der Waals surface area contributed by atoms with E-state index >= 15 is 0 Å². The summed E-state index contributed by atoms with van der Waals surface area (Å²) < 4.78 is 37.3. The molecule has 0 aromatic heterocycles. The third kappa shape index (κ3) is 5.09. The average molecular weight is 474 g/mol. The maximum Gasteiger partial charge on any atom is 0.338 e. The van der Waals surface area contributed by atoms with Gasteiger partial charge in [0.15, 0.2) is 12.4 Å². The zero-order chi connectivity index (χ0) is 23.3. The van der Waals surface area contributed by atoms with Crippen molar-refractivity contribution in [1.29, 1.82) is 0 Å². The number of nitrogens with zero attached hydrogens (tertiary/aromatic N) is 1. The third-order valence-electron chi connectivity index (χ3n) is 4.67. The molecule has 0 fully saturated rings. The standard InChI is InChI=1S/C23H20ClNO6S/c1-25(20-5-3-4-6-22(20)30-2)32(28,29)19-13-9-17(10-14-19)23(27)31-15-21(26)16-7-11-18(24)12-8-16/h3-14H,15H2,1-2H3. The van der Waals surface area contributed by atoms with Crippen LogP contribution in [0.5, 0.6) is 5.75 Å². The normalized spacial score (nSPS) is 11.0. The largest absolute Gasteiger partial charge is 0.495 e. The van der Waals surface area contributed by atoms with Crippen LogP contribution in [-0.4, -0.2) is 40.9 Å². The summed E-state index contributed by atoms with van der Waals surface area (Å²) in [4.78, 5) is 24.4. The van der Waals surface area contributed by atoms with E-state index in [-0.39, 0.29) is 16.2 Å². The van der Waals surface area contributed by atoms with Gasteiger partial charge < -0.3 is 9.47 Å². The first kappa shape index (κ1) is 23.3. The molecule has 0 heterocycles. The molecule has 0 saturated heterocycles. The Morgan fingerprint density at radius 1 is 0.906 bits per heavy atom. The van der Waals surface area contributed by atoms with E-state index in [2.05, 4.69) is 0 Å². The van der Waals surface area contributed by atoms with Crippen molar-refractivity contribution in [1.82, 2.24) is 0 Å². The first-order valence-corrected chi connectivity index (χ1v) is 11.2. The molecule has 3 aromatic rings. The van der Waals surface area contributed by atoms with Crippen LogP contribution in [0.2, 0.25) is 5.02 Å². The van der Waals surface area contributed by atoms with Crippen LogP contribution in [0.3, 0.4) is 0 Å². The van der Waals surface area contributed by atoms with Gasteiger partial charge >= 0.3 is 5.97 Å². The highest BCUT2D eigenvalue weighted by molar-refractivity contribution is 7.92. The number of Topliss-reactive ketones (excluding diaryl/α,β-unsaturated/α-hetero) is 1. The molecule has 9 heteroatoms. The lowest BCUT2D eigenvalue weighted by atomic mass is 10.1. The summed E-state index contributed by atoms with van der Waals surface area (Å²) >= 11 is 5.79. The Hall–Kier alpha value is -3.36. The second-order valence-corrected chi connectivity index (χ2v) is 9.08. The van der Waals surface area contributed by atoms with Gasteiger partial charge in [0, 0.05) is 17.6 Å². The molecule has 0 amide bonds. The van der Waals surface area contributed by atoms with Crippen molar-refractivity contribution in [2.75, 3.05) is 25.1 Å². The highest BCUT2D eigenvalue weighted by Gasteiger charge is 2.24. The highest BCUT2D eigenvalue weighted by atomic mass is 35.5. The number of ether oxygens (including phenoxy) is 2. The van der Waals surface area contributed by atoms with E-state index < -0.39 is 22.6 Å². The van der Waals surface area contributed by atoms with Crippen LogP contribution in [0, 0.1) is 0 Å². The molecule has 0 radical (unpaired) electrons. The molecule has 32 heavy (non-hydrogen) atoms. The first-order valence-electron chi connectivity index (χ1n) is 9.42. The number of ketones is 1. The lowest BCUT2D eigenvalue weighted by Gasteiger charge is -2.21. The van der Waals surface area contributed by atoms with Gasteiger partial charge in [0.1, 0.15) is 5.75 Å². The maximum atomic E-state index is 13.0. The minimum Gasteiger partial charge on any atom is -0.495 e. The molecule has 7 nitrogen and oxygen atoms in total. The summed E-state index contributed by atoms with van der Waals surface area (Å²) in [7, 11) is -1.03. The number of sulfonamides is 1. The Labute approximate surface area is 191 Å². The van der Waals surface area contributed by atoms with Gasteiger partial charge in [0.05, 0.1) is 23.3 Å². The predicted octanol–water partition coefficient (Wildman–Crippen LogP) is 4.21. The number of anilines is 1. The number of carbonyl (C=O) groups is 2. The van der Waals surface area contributed by atoms with Crippen LogP contribution in [0.25, 0.3) is 0 Å². The molecule has 3 rings (SSSR count). The SMILES string of the molecule is COc1ccccc1N(C)S(=O)(=O)c1ccc(C(=O)OCC(=O)c2ccc(Cl)cc2)cc1. The molecular formula is C23H20ClNO6S. The smallest absolute Gasteiger partial charge is 0.338 e. The lowest BCUT2D eigenvalue weighted by molar-refractivity contribution is 0.0474. The molecule has 0 unspecified atom stereocenters. The molecule has 166 valence electrons. The van der Waals surface area contributed by atoms with Crippen molar-refractivity contribution in [3.8, 4) is 5.75 Å².